The van der Waals surface area contributed by atoms with Crippen molar-refractivity contribution in [1.82, 2.24) is 4.90 Å². The van der Waals surface area contributed by atoms with Crippen LogP contribution in [0.3, 0.4) is 0 Å². The second-order valence-corrected chi connectivity index (χ2v) is 5.21. The van der Waals surface area contributed by atoms with Crippen LogP contribution in [0.2, 0.25) is 0 Å². The van der Waals surface area contributed by atoms with Crippen molar-refractivity contribution >= 4 is 6.09 Å². The van der Waals surface area contributed by atoms with E-state index in [0.717, 1.165) is 32.2 Å². The van der Waals surface area contributed by atoms with Crippen LogP contribution in [0.15, 0.2) is 0 Å². The van der Waals surface area contributed by atoms with E-state index >= 15 is 0 Å². The van der Waals surface area contributed by atoms with Crippen LogP contribution in [-0.2, 0) is 9.47 Å². The number of rotatable bonds is 1. The number of likely N-dealkylation sites (tertiary alicyclic amines) is 1. The van der Waals surface area contributed by atoms with Crippen molar-refractivity contribution in [3.05, 3.63) is 0 Å². The average Bonchev–Trinajstić information content (AvgIpc) is 2.39. The van der Waals surface area contributed by atoms with E-state index in [-0.39, 0.29) is 12.3 Å². The highest BCUT2D eigenvalue weighted by molar-refractivity contribution is 5.68. The second kappa shape index (κ2) is 5.53. The topological polar surface area (TPSA) is 38.8 Å². The molecule has 0 aromatic rings. The lowest BCUT2D eigenvalue weighted by Crippen LogP contribution is -2.44. The van der Waals surface area contributed by atoms with Crippen LogP contribution < -0.4 is 0 Å². The molecule has 0 saturated carbocycles. The van der Waals surface area contributed by atoms with Gasteiger partial charge >= 0.3 is 6.09 Å². The van der Waals surface area contributed by atoms with Gasteiger partial charge in [-0.2, -0.15) is 0 Å². The molecule has 0 aliphatic carbocycles. The van der Waals surface area contributed by atoms with Gasteiger partial charge in [0.1, 0.15) is 11.8 Å². The molecule has 1 amide bonds. The van der Waals surface area contributed by atoms with Crippen LogP contribution in [0.5, 0.6) is 0 Å². The third kappa shape index (κ3) is 4.00. The maximum absolute atomic E-state index is 12.0. The van der Waals surface area contributed by atoms with Gasteiger partial charge in [-0.3, -0.25) is 4.90 Å². The number of hydrogen-bond donors (Lipinski definition) is 0. The van der Waals surface area contributed by atoms with Gasteiger partial charge in [0.05, 0.1) is 0 Å². The van der Waals surface area contributed by atoms with E-state index in [0.29, 0.717) is 0 Å². The summed E-state index contributed by atoms with van der Waals surface area (Å²) in [5, 5.41) is 0. The summed E-state index contributed by atoms with van der Waals surface area (Å²) < 4.78 is 10.7. The van der Waals surface area contributed by atoms with Crippen LogP contribution in [0.25, 0.3) is 0 Å². The Kier molecular flexibility index (Phi) is 4.59. The van der Waals surface area contributed by atoms with Crippen molar-refractivity contribution in [3.8, 4) is 0 Å². The summed E-state index contributed by atoms with van der Waals surface area (Å²) in [7, 11) is 1.65. The summed E-state index contributed by atoms with van der Waals surface area (Å²) in [6.07, 6.45) is 3.80. The summed E-state index contributed by atoms with van der Waals surface area (Å²) in [5.41, 5.74) is -0.443. The maximum atomic E-state index is 12.0. The molecule has 1 aliphatic rings. The van der Waals surface area contributed by atoms with Crippen LogP contribution >= 0.6 is 0 Å². The van der Waals surface area contributed by atoms with Crippen LogP contribution in [0.1, 0.15) is 46.5 Å². The molecule has 0 bridgehead atoms. The molecule has 16 heavy (non-hydrogen) atoms. The van der Waals surface area contributed by atoms with Crippen molar-refractivity contribution in [2.75, 3.05) is 13.7 Å². The second-order valence-electron chi connectivity index (χ2n) is 5.21. The zero-order valence-electron chi connectivity index (χ0n) is 10.8. The molecule has 4 heteroatoms. The molecule has 1 heterocycles. The van der Waals surface area contributed by atoms with Gasteiger partial charge < -0.3 is 9.47 Å². The largest absolute Gasteiger partial charge is 0.444 e. The van der Waals surface area contributed by atoms with E-state index in [1.54, 1.807) is 12.0 Å². The first-order chi connectivity index (χ1) is 7.44. The Morgan fingerprint density at radius 1 is 1.25 bits per heavy atom. The van der Waals surface area contributed by atoms with Crippen LogP contribution in [0, 0.1) is 0 Å². The number of nitrogens with zero attached hydrogens (tertiary/aromatic N) is 1. The molecule has 1 rings (SSSR count). The minimum atomic E-state index is -0.443. The standard InChI is InChI=1S/C12H23NO3/c1-12(2,3)16-11(14)13-9-7-5-6-8-10(13)15-4/h10H,5-9H2,1-4H3/t10-/m0/s1. The van der Waals surface area contributed by atoms with Gasteiger partial charge in [-0.05, 0) is 40.0 Å². The highest BCUT2D eigenvalue weighted by Crippen LogP contribution is 2.20. The molecule has 0 unspecified atom stereocenters. The van der Waals surface area contributed by atoms with Gasteiger partial charge in [0.15, 0.2) is 0 Å². The zero-order valence-corrected chi connectivity index (χ0v) is 10.8. The Morgan fingerprint density at radius 2 is 1.94 bits per heavy atom. The van der Waals surface area contributed by atoms with Gasteiger partial charge in [0.25, 0.3) is 0 Å². The Labute approximate surface area is 97.9 Å². The molecular formula is C12H23NO3. The van der Waals surface area contributed by atoms with Crippen molar-refractivity contribution in [2.45, 2.75) is 58.3 Å². The predicted octanol–water partition coefficient (Wildman–Crippen LogP) is 2.77. The van der Waals surface area contributed by atoms with E-state index in [1.165, 1.54) is 0 Å². The number of hydrogen-bond acceptors (Lipinski definition) is 3. The molecule has 94 valence electrons. The number of carbonyl (C=O) groups excluding carboxylic acids is 1. The fourth-order valence-corrected chi connectivity index (χ4v) is 1.85. The smallest absolute Gasteiger partial charge is 0.412 e. The van der Waals surface area contributed by atoms with E-state index in [9.17, 15) is 4.79 Å². The molecule has 1 atom stereocenters. The lowest BCUT2D eigenvalue weighted by atomic mass is 10.2. The highest BCUT2D eigenvalue weighted by atomic mass is 16.6. The number of carbonyl (C=O) groups is 1. The fourth-order valence-electron chi connectivity index (χ4n) is 1.85. The molecular weight excluding hydrogens is 206 g/mol. The normalized spacial score (nSPS) is 22.8. The van der Waals surface area contributed by atoms with Gasteiger partial charge in [0, 0.05) is 13.7 Å². The predicted molar refractivity (Wildman–Crippen MR) is 62.2 cm³/mol. The SMILES string of the molecule is CO[C@H]1CCCCCN1C(=O)OC(C)(C)C. The Hall–Kier alpha value is -0.770. The Morgan fingerprint density at radius 3 is 2.50 bits per heavy atom. The number of methoxy groups -OCH3 is 1. The van der Waals surface area contributed by atoms with Crippen molar-refractivity contribution in [1.29, 1.82) is 0 Å². The molecule has 1 aliphatic heterocycles. The van der Waals surface area contributed by atoms with E-state index < -0.39 is 5.60 Å². The van der Waals surface area contributed by atoms with Gasteiger partial charge in [-0.1, -0.05) is 6.42 Å². The molecule has 0 spiro atoms. The molecule has 0 radical (unpaired) electrons. The van der Waals surface area contributed by atoms with Gasteiger partial charge in [-0.15, -0.1) is 0 Å². The number of ether oxygens (including phenoxy) is 2. The molecule has 0 aromatic carbocycles. The van der Waals surface area contributed by atoms with Crippen LogP contribution in [0.4, 0.5) is 4.79 Å². The first-order valence-electron chi connectivity index (χ1n) is 5.96. The first-order valence-corrected chi connectivity index (χ1v) is 5.96. The Balaban J connectivity index is 2.63. The zero-order chi connectivity index (χ0) is 12.2. The van der Waals surface area contributed by atoms with E-state index in [4.69, 9.17) is 9.47 Å². The summed E-state index contributed by atoms with van der Waals surface area (Å²) >= 11 is 0. The first kappa shape index (κ1) is 13.3. The van der Waals surface area contributed by atoms with Crippen molar-refractivity contribution in [2.24, 2.45) is 0 Å². The minimum Gasteiger partial charge on any atom is -0.444 e. The molecule has 0 N–H and O–H groups in total. The molecule has 1 saturated heterocycles. The quantitative estimate of drug-likeness (QED) is 0.694. The molecule has 0 aromatic heterocycles. The third-order valence-corrected chi connectivity index (χ3v) is 2.60. The molecule has 1 fully saturated rings. The maximum Gasteiger partial charge on any atom is 0.412 e. The van der Waals surface area contributed by atoms with E-state index in [2.05, 4.69) is 0 Å². The van der Waals surface area contributed by atoms with Crippen LogP contribution in [-0.4, -0.2) is 36.5 Å². The monoisotopic (exact) mass is 229 g/mol. The lowest BCUT2D eigenvalue weighted by molar-refractivity contribution is -0.0487. The fraction of sp³-hybridized carbons (Fsp3) is 0.917. The highest BCUT2D eigenvalue weighted by Gasteiger charge is 2.29. The lowest BCUT2D eigenvalue weighted by Gasteiger charge is -2.31. The third-order valence-electron chi connectivity index (χ3n) is 2.60. The number of amides is 1. The summed E-state index contributed by atoms with van der Waals surface area (Å²) in [5.74, 6) is 0. The van der Waals surface area contributed by atoms with E-state index in [1.807, 2.05) is 20.8 Å². The van der Waals surface area contributed by atoms with Gasteiger partial charge in [-0.25, -0.2) is 4.79 Å². The minimum absolute atomic E-state index is 0.127. The summed E-state index contributed by atoms with van der Waals surface area (Å²) in [6.45, 7) is 6.37. The van der Waals surface area contributed by atoms with Crippen molar-refractivity contribution in [3.63, 3.8) is 0 Å². The van der Waals surface area contributed by atoms with Crippen molar-refractivity contribution < 1.29 is 14.3 Å². The average molecular weight is 229 g/mol. The molecule has 4 nitrogen and oxygen atoms in total. The Bertz CT molecular complexity index is 235. The summed E-state index contributed by atoms with van der Waals surface area (Å²) in [4.78, 5) is 13.7. The summed E-state index contributed by atoms with van der Waals surface area (Å²) in [6, 6.07) is 0. The van der Waals surface area contributed by atoms with Gasteiger partial charge in [0.2, 0.25) is 0 Å².